The first-order valence-corrected chi connectivity index (χ1v) is 3.74. The van der Waals surface area contributed by atoms with E-state index in [-0.39, 0.29) is 0 Å². The average molecular weight is 158 g/mol. The van der Waals surface area contributed by atoms with E-state index in [0.29, 0.717) is 6.54 Å². The summed E-state index contributed by atoms with van der Waals surface area (Å²) in [6.07, 6.45) is 6.39. The Morgan fingerprint density at radius 3 is 3.08 bits per heavy atom. The summed E-state index contributed by atoms with van der Waals surface area (Å²) in [6, 6.07) is 7.62. The summed E-state index contributed by atoms with van der Waals surface area (Å²) in [7, 11) is 0. The molecule has 0 saturated carbocycles. The highest BCUT2D eigenvalue weighted by atomic mass is 15.3. The summed E-state index contributed by atoms with van der Waals surface area (Å²) in [5.74, 6) is 0. The van der Waals surface area contributed by atoms with E-state index in [9.17, 15) is 0 Å². The molecule has 2 heterocycles. The molecule has 0 fully saturated rings. The zero-order valence-electron chi connectivity index (χ0n) is 6.51. The molecule has 2 aromatic heterocycles. The molecule has 3 nitrogen and oxygen atoms in total. The Hall–Kier alpha value is -1.64. The molecular formula is C9H8N3. The minimum absolute atomic E-state index is 0.713. The molecule has 0 spiro atoms. The van der Waals surface area contributed by atoms with E-state index in [0.717, 1.165) is 5.69 Å². The zero-order valence-corrected chi connectivity index (χ0v) is 6.51. The van der Waals surface area contributed by atoms with Gasteiger partial charge in [-0.05, 0) is 18.2 Å². The van der Waals surface area contributed by atoms with Crippen molar-refractivity contribution < 1.29 is 0 Å². The summed E-state index contributed by atoms with van der Waals surface area (Å²) in [4.78, 5) is 4.18. The Bertz CT molecular complexity index is 326. The maximum absolute atomic E-state index is 4.18. The normalized spacial score (nSPS) is 10.0. The second-order valence-corrected chi connectivity index (χ2v) is 2.46. The largest absolute Gasteiger partial charge is 0.266 e. The van der Waals surface area contributed by atoms with Gasteiger partial charge >= 0.3 is 0 Å². The van der Waals surface area contributed by atoms with Crippen molar-refractivity contribution in [2.75, 3.05) is 0 Å². The minimum Gasteiger partial charge on any atom is -0.266 e. The monoisotopic (exact) mass is 158 g/mol. The summed E-state index contributed by atoms with van der Waals surface area (Å²) >= 11 is 0. The van der Waals surface area contributed by atoms with Crippen LogP contribution in [0.2, 0.25) is 0 Å². The molecule has 2 aromatic rings. The van der Waals surface area contributed by atoms with Gasteiger partial charge in [-0.3, -0.25) is 9.67 Å². The fourth-order valence-electron chi connectivity index (χ4n) is 1.01. The lowest BCUT2D eigenvalue weighted by Gasteiger charge is -1.98. The standard InChI is InChI=1S/C9H8N3/c1-2-5-10-9(4-1)8-12-7-3-6-11-12/h1-5,7H,8H2. The first kappa shape index (κ1) is 7.03. The predicted octanol–water partition coefficient (Wildman–Crippen LogP) is 1.13. The van der Waals surface area contributed by atoms with Gasteiger partial charge in [-0.15, -0.1) is 0 Å². The fraction of sp³-hybridized carbons (Fsp3) is 0.111. The van der Waals surface area contributed by atoms with Crippen LogP contribution in [-0.2, 0) is 6.54 Å². The molecule has 0 unspecified atom stereocenters. The maximum atomic E-state index is 4.18. The van der Waals surface area contributed by atoms with Crippen LogP contribution in [0.5, 0.6) is 0 Å². The molecule has 12 heavy (non-hydrogen) atoms. The first-order chi connectivity index (χ1) is 5.95. The average Bonchev–Trinajstić information content (AvgIpc) is 2.59. The Balaban J connectivity index is 2.15. The maximum Gasteiger partial charge on any atom is 0.113 e. The van der Waals surface area contributed by atoms with Gasteiger partial charge in [0.2, 0.25) is 0 Å². The molecule has 0 amide bonds. The van der Waals surface area contributed by atoms with E-state index in [2.05, 4.69) is 16.3 Å². The second-order valence-electron chi connectivity index (χ2n) is 2.46. The van der Waals surface area contributed by atoms with Crippen molar-refractivity contribution in [3.63, 3.8) is 0 Å². The van der Waals surface area contributed by atoms with Gasteiger partial charge in [-0.2, -0.15) is 5.10 Å². The second kappa shape index (κ2) is 3.17. The molecule has 0 bridgehead atoms. The lowest BCUT2D eigenvalue weighted by Crippen LogP contribution is -2.01. The van der Waals surface area contributed by atoms with Gasteiger partial charge < -0.3 is 0 Å². The van der Waals surface area contributed by atoms with Gasteiger partial charge in [0.25, 0.3) is 0 Å². The van der Waals surface area contributed by atoms with Crippen molar-refractivity contribution in [1.29, 1.82) is 0 Å². The van der Waals surface area contributed by atoms with Crippen molar-refractivity contribution in [1.82, 2.24) is 14.8 Å². The van der Waals surface area contributed by atoms with E-state index in [1.54, 1.807) is 16.9 Å². The lowest BCUT2D eigenvalue weighted by molar-refractivity contribution is 0.671. The van der Waals surface area contributed by atoms with Crippen LogP contribution >= 0.6 is 0 Å². The highest BCUT2D eigenvalue weighted by molar-refractivity contribution is 5.03. The van der Waals surface area contributed by atoms with E-state index >= 15 is 0 Å². The number of nitrogens with zero attached hydrogens (tertiary/aromatic N) is 3. The molecule has 0 atom stereocenters. The quantitative estimate of drug-likeness (QED) is 0.655. The molecule has 0 aliphatic heterocycles. The predicted molar refractivity (Wildman–Crippen MR) is 44.4 cm³/mol. The number of pyridine rings is 1. The van der Waals surface area contributed by atoms with Crippen LogP contribution in [0.1, 0.15) is 5.69 Å². The van der Waals surface area contributed by atoms with Crippen molar-refractivity contribution in [2.24, 2.45) is 0 Å². The lowest BCUT2D eigenvalue weighted by atomic mass is 10.3. The number of hydrogen-bond donors (Lipinski definition) is 0. The summed E-state index contributed by atoms with van der Waals surface area (Å²) in [5, 5.41) is 3.96. The minimum atomic E-state index is 0.713. The van der Waals surface area contributed by atoms with Gasteiger partial charge in [0.15, 0.2) is 0 Å². The van der Waals surface area contributed by atoms with Crippen molar-refractivity contribution in [3.8, 4) is 0 Å². The van der Waals surface area contributed by atoms with Crippen molar-refractivity contribution in [2.45, 2.75) is 6.54 Å². The van der Waals surface area contributed by atoms with Crippen molar-refractivity contribution in [3.05, 3.63) is 48.5 Å². The van der Waals surface area contributed by atoms with Crippen molar-refractivity contribution >= 4 is 0 Å². The Kier molecular flexibility index (Phi) is 1.86. The van der Waals surface area contributed by atoms with Gasteiger partial charge in [-0.25, -0.2) is 0 Å². The Labute approximate surface area is 70.7 Å². The zero-order chi connectivity index (χ0) is 8.23. The fourth-order valence-corrected chi connectivity index (χ4v) is 1.01. The van der Waals surface area contributed by atoms with Gasteiger partial charge in [0, 0.05) is 12.4 Å². The SMILES string of the molecule is [c]1ccn(Cc2ccccn2)n1. The van der Waals surface area contributed by atoms with Crippen LogP contribution in [0.15, 0.2) is 36.7 Å². The molecule has 0 aliphatic rings. The molecule has 0 aliphatic carbocycles. The summed E-state index contributed by atoms with van der Waals surface area (Å²) < 4.78 is 1.79. The van der Waals surface area contributed by atoms with Gasteiger partial charge in [0.05, 0.1) is 12.2 Å². The molecule has 2 rings (SSSR count). The van der Waals surface area contributed by atoms with Crippen LogP contribution in [0, 0.1) is 6.20 Å². The van der Waals surface area contributed by atoms with Gasteiger partial charge in [0.1, 0.15) is 6.20 Å². The summed E-state index contributed by atoms with van der Waals surface area (Å²) in [6.45, 7) is 0.713. The number of hydrogen-bond acceptors (Lipinski definition) is 2. The third kappa shape index (κ3) is 1.50. The number of aromatic nitrogens is 3. The molecular weight excluding hydrogens is 150 g/mol. The van der Waals surface area contributed by atoms with E-state index in [4.69, 9.17) is 0 Å². The van der Waals surface area contributed by atoms with Crippen LogP contribution < -0.4 is 0 Å². The van der Waals surface area contributed by atoms with Crippen LogP contribution in [-0.4, -0.2) is 14.8 Å². The molecule has 3 heteroatoms. The highest BCUT2D eigenvalue weighted by Crippen LogP contribution is 1.95. The Morgan fingerprint density at radius 1 is 1.42 bits per heavy atom. The molecule has 0 N–H and O–H groups in total. The topological polar surface area (TPSA) is 30.7 Å². The third-order valence-electron chi connectivity index (χ3n) is 1.56. The third-order valence-corrected chi connectivity index (χ3v) is 1.56. The highest BCUT2D eigenvalue weighted by Gasteiger charge is 1.93. The number of rotatable bonds is 2. The summed E-state index contributed by atoms with van der Waals surface area (Å²) in [5.41, 5.74) is 1.01. The van der Waals surface area contributed by atoms with Gasteiger partial charge in [-0.1, -0.05) is 6.07 Å². The van der Waals surface area contributed by atoms with E-state index < -0.39 is 0 Å². The van der Waals surface area contributed by atoms with Crippen LogP contribution in [0.3, 0.4) is 0 Å². The van der Waals surface area contributed by atoms with E-state index in [1.165, 1.54) is 0 Å². The van der Waals surface area contributed by atoms with Crippen LogP contribution in [0.25, 0.3) is 0 Å². The smallest absolute Gasteiger partial charge is 0.113 e. The first-order valence-electron chi connectivity index (χ1n) is 3.74. The molecule has 1 radical (unpaired) electrons. The molecule has 0 saturated heterocycles. The molecule has 59 valence electrons. The van der Waals surface area contributed by atoms with Crippen LogP contribution in [0.4, 0.5) is 0 Å². The Morgan fingerprint density at radius 2 is 2.42 bits per heavy atom. The molecule has 0 aromatic carbocycles. The van der Waals surface area contributed by atoms with E-state index in [1.807, 2.05) is 24.4 Å².